The number of rotatable bonds is 4. The Kier molecular flexibility index (Phi) is 5.58. The fourth-order valence-corrected chi connectivity index (χ4v) is 1.92. The Bertz CT molecular complexity index is 694. The lowest BCUT2D eigenvalue weighted by atomic mass is 10.2. The minimum atomic E-state index is -0.302. The summed E-state index contributed by atoms with van der Waals surface area (Å²) in [6.07, 6.45) is 1.61. The third kappa shape index (κ3) is 4.58. The molecule has 0 N–H and O–H groups in total. The maximum Gasteiger partial charge on any atom is 0.313 e. The van der Waals surface area contributed by atoms with E-state index in [2.05, 4.69) is 4.99 Å². The van der Waals surface area contributed by atoms with E-state index in [1.165, 1.54) is 0 Å². The highest BCUT2D eigenvalue weighted by Gasteiger charge is 2.12. The van der Waals surface area contributed by atoms with Gasteiger partial charge in [0.1, 0.15) is 5.75 Å². The highest BCUT2D eigenvalue weighted by Crippen LogP contribution is 2.24. The molecule has 0 heterocycles. The zero-order valence-corrected chi connectivity index (χ0v) is 13.7. The molecule has 0 unspecified atom stereocenters. The number of esters is 1. The van der Waals surface area contributed by atoms with Gasteiger partial charge in [-0.25, -0.2) is 0 Å². The van der Waals surface area contributed by atoms with Crippen molar-refractivity contribution in [3.63, 3.8) is 0 Å². The molecule has 114 valence electrons. The monoisotopic (exact) mass is 335 g/mol. The van der Waals surface area contributed by atoms with E-state index >= 15 is 0 Å². The second kappa shape index (κ2) is 7.43. The predicted molar refractivity (Wildman–Crippen MR) is 90.6 cm³/mol. The highest BCUT2D eigenvalue weighted by atomic mass is 35.5. The number of carbonyl (C=O) groups excluding carboxylic acids is 1. The Labute approximate surface area is 139 Å². The summed E-state index contributed by atoms with van der Waals surface area (Å²) in [5.41, 5.74) is 1.38. The number of benzene rings is 2. The van der Waals surface area contributed by atoms with Crippen LogP contribution in [0.25, 0.3) is 0 Å². The second-order valence-corrected chi connectivity index (χ2v) is 5.87. The van der Waals surface area contributed by atoms with Crippen molar-refractivity contribution in [2.75, 3.05) is 0 Å². The van der Waals surface area contributed by atoms with Gasteiger partial charge >= 0.3 is 5.97 Å². The Morgan fingerprint density at radius 1 is 1.09 bits per heavy atom. The summed E-state index contributed by atoms with van der Waals surface area (Å²) in [5, 5.41) is 1.19. The van der Waals surface area contributed by atoms with Gasteiger partial charge in [-0.05, 0) is 42.5 Å². The van der Waals surface area contributed by atoms with Gasteiger partial charge in [0.2, 0.25) is 0 Å². The van der Waals surface area contributed by atoms with Gasteiger partial charge in [0, 0.05) is 21.8 Å². The van der Waals surface area contributed by atoms with Crippen molar-refractivity contribution in [2.45, 2.75) is 13.8 Å². The molecule has 2 aromatic carbocycles. The molecule has 0 aliphatic heterocycles. The molecule has 0 atom stereocenters. The minimum Gasteiger partial charge on any atom is -0.426 e. The third-order valence-electron chi connectivity index (χ3n) is 2.83. The molecular formula is C17H15Cl2NO2. The first-order chi connectivity index (χ1) is 10.5. The molecule has 2 aromatic rings. The number of carbonyl (C=O) groups is 1. The Morgan fingerprint density at radius 3 is 2.36 bits per heavy atom. The lowest BCUT2D eigenvalue weighted by Gasteiger charge is -2.09. The zero-order valence-electron chi connectivity index (χ0n) is 12.2. The number of aliphatic imine (C=N–C) groups is 1. The topological polar surface area (TPSA) is 38.7 Å². The SMILES string of the molecule is CC(C)C(=O)Oc1ccc(Cl)cc1C=Nc1ccc(Cl)cc1. The van der Waals surface area contributed by atoms with Crippen LogP contribution in [0.4, 0.5) is 5.69 Å². The first kappa shape index (κ1) is 16.5. The summed E-state index contributed by atoms with van der Waals surface area (Å²) in [6.45, 7) is 3.56. The van der Waals surface area contributed by atoms with Crippen LogP contribution in [0.2, 0.25) is 10.0 Å². The first-order valence-corrected chi connectivity index (χ1v) is 7.52. The fourth-order valence-electron chi connectivity index (χ4n) is 1.61. The van der Waals surface area contributed by atoms with Crippen molar-refractivity contribution < 1.29 is 9.53 Å². The number of ether oxygens (including phenoxy) is 1. The smallest absolute Gasteiger partial charge is 0.313 e. The van der Waals surface area contributed by atoms with E-state index in [0.29, 0.717) is 21.4 Å². The number of hydrogen-bond acceptors (Lipinski definition) is 3. The molecule has 0 bridgehead atoms. The van der Waals surface area contributed by atoms with E-state index in [1.54, 1.807) is 62.5 Å². The Balaban J connectivity index is 2.27. The molecule has 0 amide bonds. The summed E-state index contributed by atoms with van der Waals surface area (Å²) in [4.78, 5) is 16.1. The number of nitrogens with zero attached hydrogens (tertiary/aromatic N) is 1. The molecule has 0 radical (unpaired) electrons. The number of halogens is 2. The molecule has 5 heteroatoms. The van der Waals surface area contributed by atoms with Crippen LogP contribution in [0.3, 0.4) is 0 Å². The lowest BCUT2D eigenvalue weighted by Crippen LogP contribution is -2.15. The van der Waals surface area contributed by atoms with Gasteiger partial charge in [0.05, 0.1) is 11.6 Å². The highest BCUT2D eigenvalue weighted by molar-refractivity contribution is 6.31. The molecule has 0 saturated carbocycles. The van der Waals surface area contributed by atoms with Crippen molar-refractivity contribution in [3.8, 4) is 5.75 Å². The Hall–Kier alpha value is -1.84. The van der Waals surface area contributed by atoms with Gasteiger partial charge in [0.15, 0.2) is 0 Å². The fraction of sp³-hybridized carbons (Fsp3) is 0.176. The maximum absolute atomic E-state index is 11.7. The van der Waals surface area contributed by atoms with Gasteiger partial charge in [-0.3, -0.25) is 9.79 Å². The summed E-state index contributed by atoms with van der Waals surface area (Å²) in [7, 11) is 0. The van der Waals surface area contributed by atoms with Crippen molar-refractivity contribution in [1.29, 1.82) is 0 Å². The molecule has 22 heavy (non-hydrogen) atoms. The molecule has 0 fully saturated rings. The van der Waals surface area contributed by atoms with Gasteiger partial charge in [-0.1, -0.05) is 37.0 Å². The van der Waals surface area contributed by atoms with E-state index in [0.717, 1.165) is 5.69 Å². The summed E-state index contributed by atoms with van der Waals surface area (Å²) >= 11 is 11.8. The van der Waals surface area contributed by atoms with Crippen molar-refractivity contribution in [1.82, 2.24) is 0 Å². The largest absolute Gasteiger partial charge is 0.426 e. The summed E-state index contributed by atoms with van der Waals surface area (Å²) < 4.78 is 5.36. The van der Waals surface area contributed by atoms with Crippen molar-refractivity contribution in [3.05, 3.63) is 58.1 Å². The van der Waals surface area contributed by atoms with Gasteiger partial charge in [-0.15, -0.1) is 0 Å². The molecule has 0 aliphatic carbocycles. The molecule has 3 nitrogen and oxygen atoms in total. The molecule has 0 saturated heterocycles. The Morgan fingerprint density at radius 2 is 1.73 bits per heavy atom. The average molecular weight is 336 g/mol. The van der Waals surface area contributed by atoms with Crippen LogP contribution in [0.1, 0.15) is 19.4 Å². The van der Waals surface area contributed by atoms with E-state index in [1.807, 2.05) is 0 Å². The van der Waals surface area contributed by atoms with E-state index in [4.69, 9.17) is 27.9 Å². The average Bonchev–Trinajstić information content (AvgIpc) is 2.48. The predicted octanol–water partition coefficient (Wildman–Crippen LogP) is 5.31. The molecule has 0 aromatic heterocycles. The normalized spacial score (nSPS) is 11.1. The minimum absolute atomic E-state index is 0.211. The summed E-state index contributed by atoms with van der Waals surface area (Å²) in [5.74, 6) is -0.0824. The van der Waals surface area contributed by atoms with Gasteiger partial charge < -0.3 is 4.74 Å². The summed E-state index contributed by atoms with van der Waals surface area (Å²) in [6, 6.07) is 12.1. The molecule has 0 aliphatic rings. The second-order valence-electron chi connectivity index (χ2n) is 4.99. The lowest BCUT2D eigenvalue weighted by molar-refractivity contribution is -0.137. The quantitative estimate of drug-likeness (QED) is 0.431. The zero-order chi connectivity index (χ0) is 16.1. The van der Waals surface area contributed by atoms with E-state index in [9.17, 15) is 4.79 Å². The molecule has 2 rings (SSSR count). The van der Waals surface area contributed by atoms with Crippen molar-refractivity contribution in [2.24, 2.45) is 10.9 Å². The maximum atomic E-state index is 11.7. The standard InChI is InChI=1S/C17H15Cl2NO2/c1-11(2)17(21)22-16-8-5-14(19)9-12(16)10-20-15-6-3-13(18)4-7-15/h3-11H,1-2H3. The van der Waals surface area contributed by atoms with Crippen LogP contribution in [0.15, 0.2) is 47.5 Å². The van der Waals surface area contributed by atoms with Crippen LogP contribution >= 0.6 is 23.2 Å². The van der Waals surface area contributed by atoms with Crippen LogP contribution < -0.4 is 4.74 Å². The van der Waals surface area contributed by atoms with Crippen LogP contribution in [0, 0.1) is 5.92 Å². The van der Waals surface area contributed by atoms with Gasteiger partial charge in [-0.2, -0.15) is 0 Å². The molecular weight excluding hydrogens is 321 g/mol. The number of hydrogen-bond donors (Lipinski definition) is 0. The van der Waals surface area contributed by atoms with Crippen LogP contribution in [-0.2, 0) is 4.79 Å². The van der Waals surface area contributed by atoms with Gasteiger partial charge in [0.25, 0.3) is 0 Å². The van der Waals surface area contributed by atoms with E-state index in [-0.39, 0.29) is 11.9 Å². The first-order valence-electron chi connectivity index (χ1n) is 6.76. The van der Waals surface area contributed by atoms with E-state index < -0.39 is 0 Å². The third-order valence-corrected chi connectivity index (χ3v) is 3.32. The van der Waals surface area contributed by atoms with Crippen LogP contribution in [0.5, 0.6) is 5.75 Å². The van der Waals surface area contributed by atoms with Crippen molar-refractivity contribution >= 4 is 41.1 Å². The molecule has 0 spiro atoms. The van der Waals surface area contributed by atoms with Crippen LogP contribution in [-0.4, -0.2) is 12.2 Å².